The second kappa shape index (κ2) is 8.31. The first-order valence-corrected chi connectivity index (χ1v) is 6.98. The first-order valence-electron chi connectivity index (χ1n) is 6.98. The van der Waals surface area contributed by atoms with Crippen LogP contribution in [0, 0.1) is 23.1 Å². The molecule has 20 heavy (non-hydrogen) atoms. The molecule has 1 unspecified atom stereocenters. The van der Waals surface area contributed by atoms with Crippen molar-refractivity contribution >= 4 is 5.91 Å². The van der Waals surface area contributed by atoms with Crippen LogP contribution in [-0.2, 0) is 11.2 Å². The van der Waals surface area contributed by atoms with E-state index in [9.17, 15) is 9.18 Å². The van der Waals surface area contributed by atoms with Gasteiger partial charge in [-0.2, -0.15) is 5.26 Å². The van der Waals surface area contributed by atoms with E-state index in [1.54, 1.807) is 11.0 Å². The molecule has 0 N–H and O–H groups in total. The zero-order chi connectivity index (χ0) is 15.0. The fraction of sp³-hybridized carbons (Fsp3) is 0.500. The molecule has 0 aliphatic carbocycles. The summed E-state index contributed by atoms with van der Waals surface area (Å²) < 4.78 is 13.1. The van der Waals surface area contributed by atoms with Crippen molar-refractivity contribution in [2.24, 2.45) is 5.92 Å². The van der Waals surface area contributed by atoms with Crippen LogP contribution >= 0.6 is 0 Å². The van der Waals surface area contributed by atoms with Gasteiger partial charge in [0.05, 0.1) is 12.5 Å². The van der Waals surface area contributed by atoms with Gasteiger partial charge >= 0.3 is 0 Å². The first kappa shape index (κ1) is 16.2. The Hall–Kier alpha value is -1.89. The average molecular weight is 276 g/mol. The molecule has 4 heteroatoms. The maximum absolute atomic E-state index is 13.1. The lowest BCUT2D eigenvalue weighted by atomic mass is 9.99. The number of hydrogen-bond donors (Lipinski definition) is 0. The van der Waals surface area contributed by atoms with E-state index in [0.29, 0.717) is 32.4 Å². The highest BCUT2D eigenvalue weighted by molar-refractivity contribution is 5.78. The standard InChI is InChI=1S/C16H21FN2O/c1-3-19(11-5-10-18)16(20)13(2)8-9-14-6-4-7-15(17)12-14/h4,6-7,12-13H,3,5,8-9,11H2,1-2H3. The Kier molecular flexibility index (Phi) is 6.72. The highest BCUT2D eigenvalue weighted by Gasteiger charge is 2.18. The minimum Gasteiger partial charge on any atom is -0.342 e. The summed E-state index contributed by atoms with van der Waals surface area (Å²) in [6, 6.07) is 8.53. The Morgan fingerprint density at radius 3 is 2.85 bits per heavy atom. The monoisotopic (exact) mass is 276 g/mol. The van der Waals surface area contributed by atoms with Crippen LogP contribution in [0.25, 0.3) is 0 Å². The van der Waals surface area contributed by atoms with E-state index >= 15 is 0 Å². The molecule has 0 radical (unpaired) electrons. The Morgan fingerprint density at radius 1 is 1.50 bits per heavy atom. The molecule has 1 aromatic rings. The minimum atomic E-state index is -0.245. The maximum Gasteiger partial charge on any atom is 0.225 e. The van der Waals surface area contributed by atoms with Crippen molar-refractivity contribution in [3.63, 3.8) is 0 Å². The molecule has 0 saturated carbocycles. The smallest absolute Gasteiger partial charge is 0.225 e. The van der Waals surface area contributed by atoms with Gasteiger partial charge in [0.1, 0.15) is 5.82 Å². The van der Waals surface area contributed by atoms with Crippen LogP contribution in [0.4, 0.5) is 4.39 Å². The van der Waals surface area contributed by atoms with Crippen LogP contribution in [0.2, 0.25) is 0 Å². The number of nitrogens with zero attached hydrogens (tertiary/aromatic N) is 2. The number of carbonyl (C=O) groups is 1. The Bertz CT molecular complexity index is 482. The molecule has 0 fully saturated rings. The molecule has 1 atom stereocenters. The highest BCUT2D eigenvalue weighted by atomic mass is 19.1. The van der Waals surface area contributed by atoms with E-state index in [1.807, 2.05) is 19.9 Å². The molecule has 0 bridgehead atoms. The molecular weight excluding hydrogens is 255 g/mol. The van der Waals surface area contributed by atoms with Crippen molar-refractivity contribution in [2.45, 2.75) is 33.1 Å². The molecule has 0 spiro atoms. The number of rotatable bonds is 7. The lowest BCUT2D eigenvalue weighted by Gasteiger charge is -2.23. The van der Waals surface area contributed by atoms with Gasteiger partial charge in [-0.1, -0.05) is 19.1 Å². The Balaban J connectivity index is 2.50. The zero-order valence-corrected chi connectivity index (χ0v) is 12.1. The van der Waals surface area contributed by atoms with Gasteiger partial charge in [-0.05, 0) is 37.5 Å². The van der Waals surface area contributed by atoms with Gasteiger partial charge in [0.25, 0.3) is 0 Å². The summed E-state index contributed by atoms with van der Waals surface area (Å²) in [4.78, 5) is 13.9. The normalized spacial score (nSPS) is 11.7. The molecule has 108 valence electrons. The maximum atomic E-state index is 13.1. The summed E-state index contributed by atoms with van der Waals surface area (Å²) in [7, 11) is 0. The Morgan fingerprint density at radius 2 is 2.25 bits per heavy atom. The lowest BCUT2D eigenvalue weighted by Crippen LogP contribution is -2.35. The van der Waals surface area contributed by atoms with Gasteiger partial charge in [-0.25, -0.2) is 4.39 Å². The molecule has 0 aromatic heterocycles. The number of aryl methyl sites for hydroxylation is 1. The van der Waals surface area contributed by atoms with Crippen LogP contribution in [0.1, 0.15) is 32.3 Å². The van der Waals surface area contributed by atoms with Gasteiger partial charge < -0.3 is 4.90 Å². The number of carbonyl (C=O) groups excluding carboxylic acids is 1. The summed E-state index contributed by atoms with van der Waals surface area (Å²) in [5, 5.41) is 8.59. The molecule has 3 nitrogen and oxygen atoms in total. The van der Waals surface area contributed by atoms with Gasteiger partial charge in [-0.3, -0.25) is 4.79 Å². The van der Waals surface area contributed by atoms with E-state index in [-0.39, 0.29) is 17.6 Å². The fourth-order valence-electron chi connectivity index (χ4n) is 2.12. The zero-order valence-electron chi connectivity index (χ0n) is 12.1. The van der Waals surface area contributed by atoms with Crippen LogP contribution in [0.3, 0.4) is 0 Å². The molecule has 0 aliphatic rings. The molecule has 1 aromatic carbocycles. The predicted molar refractivity (Wildman–Crippen MR) is 76.4 cm³/mol. The molecule has 0 heterocycles. The van der Waals surface area contributed by atoms with Gasteiger partial charge in [0, 0.05) is 19.0 Å². The number of benzene rings is 1. The van der Waals surface area contributed by atoms with Crippen LogP contribution in [0.15, 0.2) is 24.3 Å². The third-order valence-corrected chi connectivity index (χ3v) is 3.36. The quantitative estimate of drug-likeness (QED) is 0.768. The fourth-order valence-corrected chi connectivity index (χ4v) is 2.12. The van der Waals surface area contributed by atoms with Crippen molar-refractivity contribution in [1.29, 1.82) is 5.26 Å². The third-order valence-electron chi connectivity index (χ3n) is 3.36. The number of nitriles is 1. The second-order valence-corrected chi connectivity index (χ2v) is 4.90. The molecular formula is C16H21FN2O. The lowest BCUT2D eigenvalue weighted by molar-refractivity contribution is -0.134. The van der Waals surface area contributed by atoms with Crippen LogP contribution in [0.5, 0.6) is 0 Å². The predicted octanol–water partition coefficient (Wildman–Crippen LogP) is 3.16. The van der Waals surface area contributed by atoms with E-state index in [2.05, 4.69) is 6.07 Å². The first-order chi connectivity index (χ1) is 9.58. The van der Waals surface area contributed by atoms with Crippen molar-refractivity contribution < 1.29 is 9.18 Å². The molecule has 0 saturated heterocycles. The summed E-state index contributed by atoms with van der Waals surface area (Å²) in [5.41, 5.74) is 0.907. The summed E-state index contributed by atoms with van der Waals surface area (Å²) in [6.07, 6.45) is 1.72. The van der Waals surface area contributed by atoms with Gasteiger partial charge in [0.2, 0.25) is 5.91 Å². The van der Waals surface area contributed by atoms with Gasteiger partial charge in [-0.15, -0.1) is 0 Å². The van der Waals surface area contributed by atoms with Crippen molar-refractivity contribution in [1.82, 2.24) is 4.90 Å². The third kappa shape index (κ3) is 5.00. The molecule has 0 aliphatic heterocycles. The average Bonchev–Trinajstić information content (AvgIpc) is 2.45. The number of amides is 1. The van der Waals surface area contributed by atoms with E-state index in [4.69, 9.17) is 5.26 Å². The number of hydrogen-bond acceptors (Lipinski definition) is 2. The number of halogens is 1. The van der Waals surface area contributed by atoms with Crippen LogP contribution in [-0.4, -0.2) is 23.9 Å². The van der Waals surface area contributed by atoms with E-state index in [1.165, 1.54) is 12.1 Å². The molecule has 1 rings (SSSR count). The van der Waals surface area contributed by atoms with Crippen molar-refractivity contribution in [3.05, 3.63) is 35.6 Å². The van der Waals surface area contributed by atoms with Gasteiger partial charge in [0.15, 0.2) is 0 Å². The van der Waals surface area contributed by atoms with E-state index in [0.717, 1.165) is 5.56 Å². The highest BCUT2D eigenvalue weighted by Crippen LogP contribution is 2.13. The molecule has 1 amide bonds. The van der Waals surface area contributed by atoms with Crippen molar-refractivity contribution in [2.75, 3.05) is 13.1 Å². The summed E-state index contributed by atoms with van der Waals surface area (Å²) >= 11 is 0. The van der Waals surface area contributed by atoms with E-state index < -0.39 is 0 Å². The largest absolute Gasteiger partial charge is 0.342 e. The topological polar surface area (TPSA) is 44.1 Å². The summed E-state index contributed by atoms with van der Waals surface area (Å²) in [5.74, 6) is -0.290. The Labute approximate surface area is 120 Å². The second-order valence-electron chi connectivity index (χ2n) is 4.90. The SMILES string of the molecule is CCN(CCC#N)C(=O)C(C)CCc1cccc(F)c1. The summed E-state index contributed by atoms with van der Waals surface area (Å²) in [6.45, 7) is 4.90. The van der Waals surface area contributed by atoms with Crippen LogP contribution < -0.4 is 0 Å². The van der Waals surface area contributed by atoms with Crippen molar-refractivity contribution in [3.8, 4) is 6.07 Å². The minimum absolute atomic E-state index is 0.0687.